The highest BCUT2D eigenvalue weighted by molar-refractivity contribution is 5.34. The number of ether oxygens (including phenoxy) is 1. The van der Waals surface area contributed by atoms with Crippen LogP contribution in [0.1, 0.15) is 12.5 Å². The number of hydrogen-bond donors (Lipinski definition) is 0. The second-order valence-electron chi connectivity index (χ2n) is 2.44. The van der Waals surface area contributed by atoms with Crippen molar-refractivity contribution in [2.24, 2.45) is 0 Å². The third kappa shape index (κ3) is 1.55. The maximum absolute atomic E-state index is 12.9. The minimum absolute atomic E-state index is 0.0116. The Balaban J connectivity index is 3.14. The first-order valence-electron chi connectivity index (χ1n) is 3.74. The van der Waals surface area contributed by atoms with E-state index in [2.05, 4.69) is 0 Å². The summed E-state index contributed by atoms with van der Waals surface area (Å²) < 4.78 is 30.5. The lowest BCUT2D eigenvalue weighted by atomic mass is 10.2. The Bertz CT molecular complexity index is 284. The zero-order valence-corrected chi connectivity index (χ0v) is 7.03. The lowest BCUT2D eigenvalue weighted by molar-refractivity contribution is 0.311. The maximum Gasteiger partial charge on any atom is 0.200 e. The number of hydrogen-bond acceptors (Lipinski definition) is 1. The van der Waals surface area contributed by atoms with Crippen molar-refractivity contribution in [1.82, 2.24) is 0 Å². The van der Waals surface area contributed by atoms with Crippen LogP contribution in [0.25, 0.3) is 0 Å². The van der Waals surface area contributed by atoms with Crippen molar-refractivity contribution in [2.45, 2.75) is 13.8 Å². The molecule has 1 nitrogen and oxygen atoms in total. The number of halogens is 2. The summed E-state index contributed by atoms with van der Waals surface area (Å²) in [6.45, 7) is 3.73. The minimum Gasteiger partial charge on any atom is -0.490 e. The molecule has 0 aliphatic carbocycles. The lowest BCUT2D eigenvalue weighted by Crippen LogP contribution is -1.99. The van der Waals surface area contributed by atoms with Crippen molar-refractivity contribution in [3.8, 4) is 5.75 Å². The van der Waals surface area contributed by atoms with Gasteiger partial charge in [0.05, 0.1) is 6.61 Å². The molecule has 0 aliphatic rings. The molecule has 12 heavy (non-hydrogen) atoms. The smallest absolute Gasteiger partial charge is 0.200 e. The largest absolute Gasteiger partial charge is 0.490 e. The van der Waals surface area contributed by atoms with Crippen LogP contribution in [0.3, 0.4) is 0 Å². The SMILES string of the molecule is CCOc1c(C)ccc(F)c1F. The van der Waals surface area contributed by atoms with Crippen LogP contribution in [-0.2, 0) is 0 Å². The van der Waals surface area contributed by atoms with Gasteiger partial charge in [-0.1, -0.05) is 6.07 Å². The highest BCUT2D eigenvalue weighted by Gasteiger charge is 2.11. The summed E-state index contributed by atoms with van der Waals surface area (Å²) in [4.78, 5) is 0. The van der Waals surface area contributed by atoms with E-state index in [9.17, 15) is 8.78 Å². The normalized spacial score (nSPS) is 10.0. The third-order valence-electron chi connectivity index (χ3n) is 1.54. The minimum atomic E-state index is -0.906. The van der Waals surface area contributed by atoms with Gasteiger partial charge in [-0.3, -0.25) is 0 Å². The van der Waals surface area contributed by atoms with Crippen LogP contribution >= 0.6 is 0 Å². The predicted octanol–water partition coefficient (Wildman–Crippen LogP) is 2.67. The van der Waals surface area contributed by atoms with E-state index in [4.69, 9.17) is 4.74 Å². The van der Waals surface area contributed by atoms with E-state index in [-0.39, 0.29) is 5.75 Å². The molecule has 0 unspecified atom stereocenters. The Morgan fingerprint density at radius 2 is 2.00 bits per heavy atom. The molecule has 1 aromatic rings. The molecule has 0 radical (unpaired) electrons. The van der Waals surface area contributed by atoms with Gasteiger partial charge in [0.25, 0.3) is 0 Å². The zero-order valence-electron chi connectivity index (χ0n) is 7.03. The molecule has 66 valence electrons. The number of aryl methyl sites for hydroxylation is 1. The molecule has 0 bridgehead atoms. The maximum atomic E-state index is 12.9. The van der Waals surface area contributed by atoms with Crippen LogP contribution in [0.5, 0.6) is 5.75 Å². The van der Waals surface area contributed by atoms with Gasteiger partial charge in [-0.05, 0) is 25.5 Å². The fraction of sp³-hybridized carbons (Fsp3) is 0.333. The Kier molecular flexibility index (Phi) is 2.63. The second-order valence-corrected chi connectivity index (χ2v) is 2.44. The Morgan fingerprint density at radius 3 is 2.58 bits per heavy atom. The van der Waals surface area contributed by atoms with Gasteiger partial charge in [0.1, 0.15) is 0 Å². The molecule has 0 spiro atoms. The molecule has 0 aromatic heterocycles. The second kappa shape index (κ2) is 3.52. The number of rotatable bonds is 2. The van der Waals surface area contributed by atoms with Crippen molar-refractivity contribution < 1.29 is 13.5 Å². The predicted molar refractivity (Wildman–Crippen MR) is 42.3 cm³/mol. The third-order valence-corrected chi connectivity index (χ3v) is 1.54. The Labute approximate surface area is 70.0 Å². The van der Waals surface area contributed by atoms with Gasteiger partial charge >= 0.3 is 0 Å². The topological polar surface area (TPSA) is 9.23 Å². The Hall–Kier alpha value is -1.12. The molecule has 1 aromatic carbocycles. The molecule has 1 rings (SSSR count). The van der Waals surface area contributed by atoms with Gasteiger partial charge in [0.15, 0.2) is 11.6 Å². The highest BCUT2D eigenvalue weighted by Crippen LogP contribution is 2.23. The molecule has 0 saturated carbocycles. The van der Waals surface area contributed by atoms with Crippen molar-refractivity contribution in [2.75, 3.05) is 6.61 Å². The molecule has 0 heterocycles. The zero-order chi connectivity index (χ0) is 9.14. The summed E-state index contributed by atoms with van der Waals surface area (Å²) >= 11 is 0. The first-order chi connectivity index (χ1) is 5.66. The van der Waals surface area contributed by atoms with E-state index in [1.165, 1.54) is 6.07 Å². The first kappa shape index (κ1) is 8.97. The number of benzene rings is 1. The van der Waals surface area contributed by atoms with Crippen molar-refractivity contribution in [3.63, 3.8) is 0 Å². The summed E-state index contributed by atoms with van der Waals surface area (Å²) in [6, 6.07) is 2.58. The van der Waals surface area contributed by atoms with E-state index in [1.807, 2.05) is 0 Å². The van der Waals surface area contributed by atoms with Gasteiger partial charge in [0.2, 0.25) is 5.82 Å². The summed E-state index contributed by atoms with van der Waals surface area (Å²) in [5.74, 6) is -1.77. The lowest BCUT2D eigenvalue weighted by Gasteiger charge is -2.07. The van der Waals surface area contributed by atoms with Gasteiger partial charge in [-0.15, -0.1) is 0 Å². The molecule has 0 atom stereocenters. The Morgan fingerprint density at radius 1 is 1.33 bits per heavy atom. The van der Waals surface area contributed by atoms with Gasteiger partial charge in [-0.25, -0.2) is 4.39 Å². The van der Waals surface area contributed by atoms with Crippen molar-refractivity contribution in [3.05, 3.63) is 29.3 Å². The van der Waals surface area contributed by atoms with Crippen LogP contribution in [0, 0.1) is 18.6 Å². The quantitative estimate of drug-likeness (QED) is 0.666. The highest BCUT2D eigenvalue weighted by atomic mass is 19.2. The van der Waals surface area contributed by atoms with Gasteiger partial charge < -0.3 is 4.74 Å². The molecule has 0 saturated heterocycles. The van der Waals surface area contributed by atoms with Crippen LogP contribution < -0.4 is 4.74 Å². The van der Waals surface area contributed by atoms with Crippen LogP contribution in [0.15, 0.2) is 12.1 Å². The van der Waals surface area contributed by atoms with Crippen molar-refractivity contribution in [1.29, 1.82) is 0 Å². The first-order valence-corrected chi connectivity index (χ1v) is 3.74. The molecular formula is C9H10F2O. The van der Waals surface area contributed by atoms with Gasteiger partial charge in [0, 0.05) is 0 Å². The molecule has 0 amide bonds. The van der Waals surface area contributed by atoms with E-state index in [0.29, 0.717) is 12.2 Å². The van der Waals surface area contributed by atoms with Crippen molar-refractivity contribution >= 4 is 0 Å². The molecule has 0 fully saturated rings. The van der Waals surface area contributed by atoms with E-state index in [1.54, 1.807) is 13.8 Å². The van der Waals surface area contributed by atoms with Crippen LogP contribution in [0.4, 0.5) is 8.78 Å². The summed E-state index contributed by atoms with van der Waals surface area (Å²) in [5.41, 5.74) is 0.607. The molecule has 3 heteroatoms. The van der Waals surface area contributed by atoms with E-state index < -0.39 is 11.6 Å². The molecular weight excluding hydrogens is 162 g/mol. The molecule has 0 N–H and O–H groups in total. The van der Waals surface area contributed by atoms with Gasteiger partial charge in [-0.2, -0.15) is 4.39 Å². The fourth-order valence-corrected chi connectivity index (χ4v) is 0.950. The monoisotopic (exact) mass is 172 g/mol. The van der Waals surface area contributed by atoms with E-state index >= 15 is 0 Å². The standard InChI is InChI=1S/C9H10F2O/c1-3-12-9-6(2)4-5-7(10)8(9)11/h4-5H,3H2,1-2H3. The molecule has 0 aliphatic heterocycles. The average Bonchev–Trinajstić information content (AvgIpc) is 2.06. The van der Waals surface area contributed by atoms with Crippen LogP contribution in [0.2, 0.25) is 0 Å². The van der Waals surface area contributed by atoms with E-state index in [0.717, 1.165) is 6.07 Å². The summed E-state index contributed by atoms with van der Waals surface area (Å²) in [6.07, 6.45) is 0. The fourth-order valence-electron chi connectivity index (χ4n) is 0.950. The summed E-state index contributed by atoms with van der Waals surface area (Å²) in [7, 11) is 0. The van der Waals surface area contributed by atoms with Crippen LogP contribution in [-0.4, -0.2) is 6.61 Å². The average molecular weight is 172 g/mol. The summed E-state index contributed by atoms with van der Waals surface area (Å²) in [5, 5.41) is 0.